The van der Waals surface area contributed by atoms with E-state index in [1.165, 1.54) is 21.1 Å². The van der Waals surface area contributed by atoms with Crippen molar-refractivity contribution < 1.29 is 38.1 Å². The molecule has 37 heavy (non-hydrogen) atoms. The van der Waals surface area contributed by atoms with Crippen molar-refractivity contribution in [2.75, 3.05) is 28.4 Å². The maximum absolute atomic E-state index is 13.7. The summed E-state index contributed by atoms with van der Waals surface area (Å²) in [4.78, 5) is 53.3. The van der Waals surface area contributed by atoms with Crippen molar-refractivity contribution in [2.45, 2.75) is 25.7 Å². The maximum Gasteiger partial charge on any atom is 0.323 e. The van der Waals surface area contributed by atoms with Crippen LogP contribution in [0.5, 0.6) is 5.75 Å². The zero-order chi connectivity index (χ0) is 27.2. The molecule has 0 amide bonds. The number of ketones is 1. The standard InChI is InChI=1S/C29H30O8/c1-19(30)28(16-15-20-9-7-6-8-10-20)22(17-24(31)35-3)18-29(26(32)36-4,27(33)37-5)25(28)21-11-13-23(34-2)14-12-21/h6-14,22,25H,17-18H2,1-5H3/t22-,25-,28+/m0/s1. The molecule has 1 saturated carbocycles. The number of hydrogen-bond donors (Lipinski definition) is 0. The fourth-order valence-electron chi connectivity index (χ4n) is 5.45. The molecule has 1 aliphatic carbocycles. The molecule has 2 aromatic rings. The molecular weight excluding hydrogens is 476 g/mol. The Hall–Kier alpha value is -4.12. The average molecular weight is 507 g/mol. The first kappa shape index (κ1) is 27.5. The van der Waals surface area contributed by atoms with Gasteiger partial charge in [0, 0.05) is 11.5 Å². The minimum Gasteiger partial charge on any atom is -0.497 e. The van der Waals surface area contributed by atoms with Gasteiger partial charge in [0.15, 0.2) is 5.41 Å². The Kier molecular flexibility index (Phi) is 8.38. The van der Waals surface area contributed by atoms with Gasteiger partial charge in [-0.1, -0.05) is 42.2 Å². The number of Topliss-reactive ketones (excluding diaryl/α,β-unsaturated/α-hetero) is 1. The predicted molar refractivity (Wildman–Crippen MR) is 133 cm³/mol. The molecule has 3 atom stereocenters. The van der Waals surface area contributed by atoms with Crippen LogP contribution in [0.3, 0.4) is 0 Å². The number of esters is 3. The van der Waals surface area contributed by atoms with Gasteiger partial charge in [0.05, 0.1) is 34.9 Å². The van der Waals surface area contributed by atoms with Crippen molar-refractivity contribution in [3.63, 3.8) is 0 Å². The van der Waals surface area contributed by atoms with Crippen LogP contribution < -0.4 is 4.74 Å². The second kappa shape index (κ2) is 11.3. The molecule has 1 fully saturated rings. The maximum atomic E-state index is 13.7. The number of methoxy groups -OCH3 is 4. The van der Waals surface area contributed by atoms with Crippen LogP contribution >= 0.6 is 0 Å². The lowest BCUT2D eigenvalue weighted by Gasteiger charge is -2.37. The van der Waals surface area contributed by atoms with Gasteiger partial charge in [0.2, 0.25) is 0 Å². The van der Waals surface area contributed by atoms with E-state index in [1.807, 2.05) is 6.07 Å². The van der Waals surface area contributed by atoms with Crippen molar-refractivity contribution >= 4 is 23.7 Å². The van der Waals surface area contributed by atoms with Crippen molar-refractivity contribution in [3.8, 4) is 17.6 Å². The summed E-state index contributed by atoms with van der Waals surface area (Å²) in [5.74, 6) is 1.97. The predicted octanol–water partition coefficient (Wildman–Crippen LogP) is 3.32. The second-order valence-corrected chi connectivity index (χ2v) is 8.88. The molecule has 0 heterocycles. The number of rotatable bonds is 7. The Morgan fingerprint density at radius 1 is 0.865 bits per heavy atom. The van der Waals surface area contributed by atoms with Gasteiger partial charge in [-0.25, -0.2) is 0 Å². The highest BCUT2D eigenvalue weighted by molar-refractivity contribution is 6.05. The van der Waals surface area contributed by atoms with Crippen LogP contribution in [0.2, 0.25) is 0 Å². The summed E-state index contributed by atoms with van der Waals surface area (Å²) in [6.45, 7) is 1.35. The van der Waals surface area contributed by atoms with Crippen LogP contribution in [-0.2, 0) is 33.4 Å². The lowest BCUT2D eigenvalue weighted by atomic mass is 9.62. The Morgan fingerprint density at radius 3 is 1.95 bits per heavy atom. The van der Waals surface area contributed by atoms with E-state index in [1.54, 1.807) is 48.5 Å². The van der Waals surface area contributed by atoms with Crippen molar-refractivity contribution in [3.05, 3.63) is 65.7 Å². The first-order chi connectivity index (χ1) is 17.7. The summed E-state index contributed by atoms with van der Waals surface area (Å²) in [5, 5.41) is 0. The van der Waals surface area contributed by atoms with Crippen LogP contribution in [0.1, 0.15) is 36.8 Å². The Balaban J connectivity index is 2.43. The number of ether oxygens (including phenoxy) is 4. The van der Waals surface area contributed by atoms with E-state index in [0.29, 0.717) is 16.9 Å². The van der Waals surface area contributed by atoms with Crippen LogP contribution in [0.15, 0.2) is 54.6 Å². The smallest absolute Gasteiger partial charge is 0.323 e. The van der Waals surface area contributed by atoms with Crippen molar-refractivity contribution in [1.82, 2.24) is 0 Å². The molecule has 0 unspecified atom stereocenters. The van der Waals surface area contributed by atoms with Gasteiger partial charge in [-0.15, -0.1) is 0 Å². The van der Waals surface area contributed by atoms with Gasteiger partial charge < -0.3 is 18.9 Å². The van der Waals surface area contributed by atoms with Crippen LogP contribution in [-0.4, -0.2) is 52.1 Å². The summed E-state index contributed by atoms with van der Waals surface area (Å²) in [5.41, 5.74) is -2.49. The van der Waals surface area contributed by atoms with Gasteiger partial charge in [0.25, 0.3) is 0 Å². The highest BCUT2D eigenvalue weighted by Crippen LogP contribution is 2.64. The van der Waals surface area contributed by atoms with E-state index in [9.17, 15) is 19.2 Å². The van der Waals surface area contributed by atoms with Gasteiger partial charge in [0.1, 0.15) is 16.9 Å². The largest absolute Gasteiger partial charge is 0.497 e. The van der Waals surface area contributed by atoms with Gasteiger partial charge in [-0.2, -0.15) is 0 Å². The Morgan fingerprint density at radius 2 is 1.46 bits per heavy atom. The second-order valence-electron chi connectivity index (χ2n) is 8.88. The molecule has 0 radical (unpaired) electrons. The van der Waals surface area contributed by atoms with Crippen LogP contribution in [0.25, 0.3) is 0 Å². The van der Waals surface area contributed by atoms with E-state index in [4.69, 9.17) is 18.9 Å². The Labute approximate surface area is 216 Å². The molecule has 2 aromatic carbocycles. The summed E-state index contributed by atoms with van der Waals surface area (Å²) in [6, 6.07) is 15.7. The lowest BCUT2D eigenvalue weighted by Crippen LogP contribution is -2.48. The van der Waals surface area contributed by atoms with E-state index in [-0.39, 0.29) is 12.8 Å². The van der Waals surface area contributed by atoms with Gasteiger partial charge in [-0.05, 0) is 49.1 Å². The summed E-state index contributed by atoms with van der Waals surface area (Å²) < 4.78 is 20.5. The molecule has 1 aliphatic rings. The quantitative estimate of drug-likeness (QED) is 0.244. The fraction of sp³-hybridized carbons (Fsp3) is 0.379. The third-order valence-electron chi connectivity index (χ3n) is 7.12. The zero-order valence-electron chi connectivity index (χ0n) is 21.5. The molecule has 3 rings (SSSR count). The summed E-state index contributed by atoms with van der Waals surface area (Å²) in [7, 11) is 5.07. The highest BCUT2D eigenvalue weighted by atomic mass is 16.5. The molecule has 194 valence electrons. The molecule has 0 saturated heterocycles. The Bertz CT molecular complexity index is 1210. The number of hydrogen-bond acceptors (Lipinski definition) is 8. The average Bonchev–Trinajstić information content (AvgIpc) is 3.23. The first-order valence-corrected chi connectivity index (χ1v) is 11.7. The first-order valence-electron chi connectivity index (χ1n) is 11.7. The van der Waals surface area contributed by atoms with Crippen molar-refractivity contribution in [1.29, 1.82) is 0 Å². The lowest BCUT2D eigenvalue weighted by molar-refractivity contribution is -0.171. The molecule has 0 spiro atoms. The van der Waals surface area contributed by atoms with E-state index in [2.05, 4.69) is 11.8 Å². The molecule has 8 heteroatoms. The minimum atomic E-state index is -1.95. The van der Waals surface area contributed by atoms with E-state index >= 15 is 0 Å². The molecule has 0 bridgehead atoms. The molecule has 0 N–H and O–H groups in total. The fourth-order valence-corrected chi connectivity index (χ4v) is 5.45. The number of benzene rings is 2. The minimum absolute atomic E-state index is 0.207. The number of carbonyl (C=O) groups is 4. The third kappa shape index (κ3) is 4.82. The van der Waals surface area contributed by atoms with Crippen LogP contribution in [0.4, 0.5) is 0 Å². The van der Waals surface area contributed by atoms with Crippen LogP contribution in [0, 0.1) is 28.6 Å². The molecule has 0 aliphatic heterocycles. The van der Waals surface area contributed by atoms with E-state index < -0.39 is 46.4 Å². The normalized spacial score (nSPS) is 21.6. The van der Waals surface area contributed by atoms with E-state index in [0.717, 1.165) is 14.2 Å². The number of carbonyl (C=O) groups excluding carboxylic acids is 4. The molecular formula is C29H30O8. The van der Waals surface area contributed by atoms with Gasteiger partial charge >= 0.3 is 17.9 Å². The molecule has 0 aromatic heterocycles. The third-order valence-corrected chi connectivity index (χ3v) is 7.12. The van der Waals surface area contributed by atoms with Gasteiger partial charge in [-0.3, -0.25) is 19.2 Å². The monoisotopic (exact) mass is 506 g/mol. The summed E-state index contributed by atoms with van der Waals surface area (Å²) >= 11 is 0. The highest BCUT2D eigenvalue weighted by Gasteiger charge is 2.72. The summed E-state index contributed by atoms with van der Waals surface area (Å²) in [6.07, 6.45) is -0.455. The zero-order valence-corrected chi connectivity index (χ0v) is 21.5. The molecule has 8 nitrogen and oxygen atoms in total. The topological polar surface area (TPSA) is 105 Å². The SMILES string of the molecule is COC(=O)C[C@H]1CC(C(=O)OC)(C(=O)OC)[C@@H](c2ccc(OC)cc2)[C@]1(C#Cc1ccccc1)C(C)=O. The van der Waals surface area contributed by atoms with Crippen molar-refractivity contribution in [2.24, 2.45) is 16.7 Å².